The number of aryl methyl sites for hydroxylation is 1. The Morgan fingerprint density at radius 2 is 2.05 bits per heavy atom. The number of hydrogen-bond donors (Lipinski definition) is 1. The van der Waals surface area contributed by atoms with Crippen LogP contribution < -0.4 is 5.73 Å². The monoisotopic (exact) mass is 287 g/mol. The molecule has 112 valence electrons. The molecule has 0 aliphatic heterocycles. The predicted octanol–water partition coefficient (Wildman–Crippen LogP) is 0.698. The smallest absolute Gasteiger partial charge is 0.224 e. The highest BCUT2D eigenvalue weighted by Gasteiger charge is 2.12. The van der Waals surface area contributed by atoms with Crippen LogP contribution in [0.1, 0.15) is 12.0 Å². The van der Waals surface area contributed by atoms with Crippen LogP contribution in [0.15, 0.2) is 43.0 Å². The number of nitrogens with zero attached hydrogens (tertiary/aromatic N) is 4. The Hall–Kier alpha value is -2.21. The van der Waals surface area contributed by atoms with Gasteiger partial charge in [0.2, 0.25) is 5.91 Å². The molecule has 0 atom stereocenters. The quantitative estimate of drug-likeness (QED) is 0.775. The molecular formula is C15H21N5O. The maximum absolute atomic E-state index is 12.3. The van der Waals surface area contributed by atoms with Gasteiger partial charge in [-0.15, -0.1) is 0 Å². The molecule has 0 aliphatic carbocycles. The Bertz CT molecular complexity index is 526. The van der Waals surface area contributed by atoms with E-state index in [1.54, 1.807) is 11.0 Å². The van der Waals surface area contributed by atoms with Gasteiger partial charge in [0, 0.05) is 26.1 Å². The zero-order chi connectivity index (χ0) is 14.9. The normalized spacial score (nSPS) is 10.5. The van der Waals surface area contributed by atoms with E-state index < -0.39 is 0 Å². The molecular weight excluding hydrogens is 266 g/mol. The third-order valence-corrected chi connectivity index (χ3v) is 3.29. The van der Waals surface area contributed by atoms with E-state index in [1.165, 1.54) is 11.9 Å². The standard InChI is InChI=1S/C15H21N5O/c16-8-11-19(9-6-14-4-2-1-3-5-14)15(21)7-10-20-13-17-12-18-20/h1-5,12-13H,6-11,16H2. The van der Waals surface area contributed by atoms with Gasteiger partial charge < -0.3 is 10.6 Å². The van der Waals surface area contributed by atoms with E-state index >= 15 is 0 Å². The van der Waals surface area contributed by atoms with Crippen LogP contribution in [0.3, 0.4) is 0 Å². The molecule has 0 bridgehead atoms. The lowest BCUT2D eigenvalue weighted by Gasteiger charge is -2.22. The average molecular weight is 287 g/mol. The summed E-state index contributed by atoms with van der Waals surface area (Å²) in [6.45, 7) is 2.30. The van der Waals surface area contributed by atoms with Crippen molar-refractivity contribution in [1.82, 2.24) is 19.7 Å². The van der Waals surface area contributed by atoms with Crippen LogP contribution in [0.4, 0.5) is 0 Å². The first kappa shape index (κ1) is 15.2. The summed E-state index contributed by atoms with van der Waals surface area (Å²) in [4.78, 5) is 17.9. The molecule has 2 aromatic rings. The number of amides is 1. The van der Waals surface area contributed by atoms with Gasteiger partial charge >= 0.3 is 0 Å². The van der Waals surface area contributed by atoms with E-state index in [4.69, 9.17) is 5.73 Å². The number of carbonyl (C=O) groups excluding carboxylic acids is 1. The Kier molecular flexibility index (Phi) is 5.90. The first-order valence-corrected chi connectivity index (χ1v) is 7.14. The fraction of sp³-hybridized carbons (Fsp3) is 0.400. The van der Waals surface area contributed by atoms with Crippen LogP contribution in [-0.4, -0.2) is 45.2 Å². The molecule has 6 nitrogen and oxygen atoms in total. The van der Waals surface area contributed by atoms with Gasteiger partial charge in [0.25, 0.3) is 0 Å². The van der Waals surface area contributed by atoms with E-state index in [1.807, 2.05) is 23.1 Å². The van der Waals surface area contributed by atoms with Gasteiger partial charge in [-0.3, -0.25) is 9.48 Å². The van der Waals surface area contributed by atoms with Gasteiger partial charge in [-0.1, -0.05) is 30.3 Å². The summed E-state index contributed by atoms with van der Waals surface area (Å²) in [6.07, 6.45) is 4.34. The highest BCUT2D eigenvalue weighted by atomic mass is 16.2. The van der Waals surface area contributed by atoms with E-state index in [2.05, 4.69) is 22.2 Å². The first-order chi connectivity index (χ1) is 10.3. The summed E-state index contributed by atoms with van der Waals surface area (Å²) in [6, 6.07) is 10.1. The molecule has 0 saturated heterocycles. The van der Waals surface area contributed by atoms with Crippen molar-refractivity contribution in [1.29, 1.82) is 0 Å². The first-order valence-electron chi connectivity index (χ1n) is 7.14. The van der Waals surface area contributed by atoms with Crippen LogP contribution in [0.5, 0.6) is 0 Å². The average Bonchev–Trinajstić information content (AvgIpc) is 3.03. The minimum Gasteiger partial charge on any atom is -0.341 e. The summed E-state index contributed by atoms with van der Waals surface area (Å²) < 4.78 is 1.66. The second-order valence-electron chi connectivity index (χ2n) is 4.81. The van der Waals surface area contributed by atoms with Crippen molar-refractivity contribution in [3.8, 4) is 0 Å². The van der Waals surface area contributed by atoms with Gasteiger partial charge in [-0.05, 0) is 12.0 Å². The van der Waals surface area contributed by atoms with Crippen molar-refractivity contribution in [2.24, 2.45) is 5.73 Å². The minimum atomic E-state index is 0.104. The zero-order valence-electron chi connectivity index (χ0n) is 12.1. The van der Waals surface area contributed by atoms with E-state index in [9.17, 15) is 4.79 Å². The Morgan fingerprint density at radius 3 is 2.71 bits per heavy atom. The molecule has 0 aliphatic rings. The van der Waals surface area contributed by atoms with Crippen LogP contribution >= 0.6 is 0 Å². The third-order valence-electron chi connectivity index (χ3n) is 3.29. The minimum absolute atomic E-state index is 0.104. The second-order valence-corrected chi connectivity index (χ2v) is 4.81. The van der Waals surface area contributed by atoms with Gasteiger partial charge in [0.15, 0.2) is 0 Å². The van der Waals surface area contributed by atoms with Gasteiger partial charge in [0.05, 0.1) is 6.54 Å². The summed E-state index contributed by atoms with van der Waals surface area (Å²) in [5.41, 5.74) is 6.83. The Balaban J connectivity index is 1.83. The lowest BCUT2D eigenvalue weighted by atomic mass is 10.1. The molecule has 0 fully saturated rings. The molecule has 0 unspecified atom stereocenters. The molecule has 1 aromatic heterocycles. The fourth-order valence-corrected chi connectivity index (χ4v) is 2.14. The number of hydrogen-bond acceptors (Lipinski definition) is 4. The van der Waals surface area contributed by atoms with Crippen molar-refractivity contribution in [3.63, 3.8) is 0 Å². The number of benzene rings is 1. The van der Waals surface area contributed by atoms with E-state index in [-0.39, 0.29) is 5.91 Å². The SMILES string of the molecule is NCCN(CCc1ccccc1)C(=O)CCn1cncn1. The molecule has 21 heavy (non-hydrogen) atoms. The summed E-state index contributed by atoms with van der Waals surface area (Å²) in [7, 11) is 0. The Labute approximate surface area is 124 Å². The van der Waals surface area contributed by atoms with Crippen molar-refractivity contribution < 1.29 is 4.79 Å². The maximum Gasteiger partial charge on any atom is 0.224 e. The fourth-order valence-electron chi connectivity index (χ4n) is 2.14. The van der Waals surface area contributed by atoms with Crippen molar-refractivity contribution in [3.05, 3.63) is 48.5 Å². The summed E-state index contributed by atoms with van der Waals surface area (Å²) >= 11 is 0. The highest BCUT2D eigenvalue weighted by Crippen LogP contribution is 2.03. The topological polar surface area (TPSA) is 77.0 Å². The molecule has 1 heterocycles. The van der Waals surface area contributed by atoms with Crippen molar-refractivity contribution in [2.45, 2.75) is 19.4 Å². The number of nitrogens with two attached hydrogens (primary N) is 1. The second kappa shape index (κ2) is 8.16. The number of aromatic nitrogens is 3. The zero-order valence-corrected chi connectivity index (χ0v) is 12.1. The molecule has 0 saturated carbocycles. The molecule has 2 N–H and O–H groups in total. The lowest BCUT2D eigenvalue weighted by molar-refractivity contribution is -0.131. The van der Waals surface area contributed by atoms with E-state index in [0.29, 0.717) is 32.6 Å². The van der Waals surface area contributed by atoms with E-state index in [0.717, 1.165) is 6.42 Å². The summed E-state index contributed by atoms with van der Waals surface area (Å²) in [5.74, 6) is 0.104. The van der Waals surface area contributed by atoms with Gasteiger partial charge in [0.1, 0.15) is 12.7 Å². The molecule has 6 heteroatoms. The van der Waals surface area contributed by atoms with Crippen molar-refractivity contribution in [2.75, 3.05) is 19.6 Å². The van der Waals surface area contributed by atoms with Crippen LogP contribution in [0, 0.1) is 0 Å². The maximum atomic E-state index is 12.3. The Morgan fingerprint density at radius 1 is 1.24 bits per heavy atom. The lowest BCUT2D eigenvalue weighted by Crippen LogP contribution is -2.37. The molecule has 0 radical (unpaired) electrons. The van der Waals surface area contributed by atoms with Crippen LogP contribution in [0.2, 0.25) is 0 Å². The molecule has 1 amide bonds. The van der Waals surface area contributed by atoms with Gasteiger partial charge in [-0.25, -0.2) is 4.98 Å². The molecule has 2 rings (SSSR count). The van der Waals surface area contributed by atoms with Crippen molar-refractivity contribution >= 4 is 5.91 Å². The number of carbonyl (C=O) groups is 1. The largest absolute Gasteiger partial charge is 0.341 e. The number of rotatable bonds is 8. The van der Waals surface area contributed by atoms with Gasteiger partial charge in [-0.2, -0.15) is 5.10 Å². The predicted molar refractivity (Wildman–Crippen MR) is 80.4 cm³/mol. The molecule has 0 spiro atoms. The van der Waals surface area contributed by atoms with Crippen LogP contribution in [0.25, 0.3) is 0 Å². The third kappa shape index (κ3) is 5.00. The molecule has 1 aromatic carbocycles. The highest BCUT2D eigenvalue weighted by molar-refractivity contribution is 5.76. The van der Waals surface area contributed by atoms with Crippen LogP contribution in [-0.2, 0) is 17.8 Å². The summed E-state index contributed by atoms with van der Waals surface area (Å²) in [5, 5.41) is 4.00.